The molecule has 2 aromatic rings. The Balaban J connectivity index is 1.29. The molecular weight excluding hydrogens is 496 g/mol. The molecule has 6 unspecified atom stereocenters. The van der Waals surface area contributed by atoms with Crippen LogP contribution in [0.1, 0.15) is 23.7 Å². The van der Waals surface area contributed by atoms with Gasteiger partial charge >= 0.3 is 5.97 Å². The Hall–Kier alpha value is -2.77. The third-order valence-corrected chi connectivity index (χ3v) is 8.13. The van der Waals surface area contributed by atoms with Crippen LogP contribution in [-0.4, -0.2) is 88.6 Å². The SMILES string of the molecule is COC(=O)C1=CO[C@H](OC2OC(CO)C(O)C(O)C2O)[C@@H]2CC(C3NCCc4c3[nH]c3ccccc43)=C[C@H]12. The van der Waals surface area contributed by atoms with E-state index >= 15 is 0 Å². The van der Waals surface area contributed by atoms with Crippen molar-refractivity contribution in [1.29, 1.82) is 0 Å². The van der Waals surface area contributed by atoms with Gasteiger partial charge in [-0.2, -0.15) is 0 Å². The number of hydrogen-bond acceptors (Lipinski definition) is 10. The maximum Gasteiger partial charge on any atom is 0.337 e. The Morgan fingerprint density at radius 2 is 1.95 bits per heavy atom. The van der Waals surface area contributed by atoms with Crippen LogP contribution in [0.4, 0.5) is 0 Å². The van der Waals surface area contributed by atoms with Crippen molar-refractivity contribution >= 4 is 16.9 Å². The van der Waals surface area contributed by atoms with Crippen molar-refractivity contribution < 1.29 is 44.2 Å². The molecule has 0 bridgehead atoms. The molecule has 3 aliphatic heterocycles. The van der Waals surface area contributed by atoms with Crippen LogP contribution in [0, 0.1) is 11.8 Å². The van der Waals surface area contributed by atoms with Crippen molar-refractivity contribution in [2.45, 2.75) is 55.9 Å². The molecule has 1 aromatic carbocycles. The first-order chi connectivity index (χ1) is 18.4. The van der Waals surface area contributed by atoms with Crippen molar-refractivity contribution in [2.24, 2.45) is 11.8 Å². The number of fused-ring (bicyclic) bond motifs is 4. The van der Waals surface area contributed by atoms with Crippen LogP contribution in [0.15, 0.2) is 47.7 Å². The highest BCUT2D eigenvalue weighted by atomic mass is 16.8. The highest BCUT2D eigenvalue weighted by Gasteiger charge is 2.49. The van der Waals surface area contributed by atoms with E-state index in [1.807, 2.05) is 12.1 Å². The standard InChI is InChI=1S/C27H32N2O9/c1-35-25(34)17-11-36-26(38-27-24(33)23(32)22(31)19(10-30)37-27)16-9-12(8-15(16)17)20-21-14(6-7-28-20)13-4-2-3-5-18(13)29-21/h2-5,8,11,15-16,19-20,22-24,26-33H,6-7,9-10H2,1H3/t15-,16+,19?,20?,22?,23?,24?,26+,27?/m0/s1. The molecule has 4 aliphatic rings. The van der Waals surface area contributed by atoms with Gasteiger partial charge in [0.2, 0.25) is 6.29 Å². The van der Waals surface area contributed by atoms with E-state index in [1.165, 1.54) is 24.3 Å². The van der Waals surface area contributed by atoms with Crippen LogP contribution >= 0.6 is 0 Å². The molecule has 38 heavy (non-hydrogen) atoms. The highest BCUT2D eigenvalue weighted by Crippen LogP contribution is 2.47. The monoisotopic (exact) mass is 528 g/mol. The number of aliphatic hydroxyl groups excluding tert-OH is 4. The Morgan fingerprint density at radius 1 is 1.13 bits per heavy atom. The van der Waals surface area contributed by atoms with Crippen molar-refractivity contribution in [3.63, 3.8) is 0 Å². The van der Waals surface area contributed by atoms with Gasteiger partial charge < -0.3 is 49.7 Å². The number of benzene rings is 1. The molecular formula is C27H32N2O9. The number of nitrogens with one attached hydrogen (secondary N) is 2. The molecule has 0 amide bonds. The molecule has 6 N–H and O–H groups in total. The number of aromatic amines is 1. The lowest BCUT2D eigenvalue weighted by Gasteiger charge is -2.42. The molecule has 9 atom stereocenters. The topological polar surface area (TPSA) is 163 Å². The summed E-state index contributed by atoms with van der Waals surface area (Å²) in [6.07, 6.45) is -3.26. The minimum Gasteiger partial charge on any atom is -0.472 e. The van der Waals surface area contributed by atoms with E-state index in [4.69, 9.17) is 18.9 Å². The second kappa shape index (κ2) is 10.1. The average Bonchev–Trinajstić information content (AvgIpc) is 3.55. The number of carbonyl (C=O) groups excluding carboxylic acids is 1. The zero-order chi connectivity index (χ0) is 26.6. The van der Waals surface area contributed by atoms with Crippen LogP contribution in [-0.2, 0) is 30.2 Å². The third kappa shape index (κ3) is 4.15. The van der Waals surface area contributed by atoms with E-state index < -0.39 is 49.6 Å². The number of aromatic nitrogens is 1. The van der Waals surface area contributed by atoms with Gasteiger partial charge in [0, 0.05) is 35.0 Å². The minimum atomic E-state index is -1.57. The summed E-state index contributed by atoms with van der Waals surface area (Å²) in [5.41, 5.74) is 4.86. The number of ether oxygens (including phenoxy) is 4. The summed E-state index contributed by atoms with van der Waals surface area (Å²) in [7, 11) is 1.31. The molecule has 1 fully saturated rings. The van der Waals surface area contributed by atoms with Gasteiger partial charge in [-0.3, -0.25) is 0 Å². The summed E-state index contributed by atoms with van der Waals surface area (Å²) >= 11 is 0. The molecule has 204 valence electrons. The maximum absolute atomic E-state index is 12.6. The van der Waals surface area contributed by atoms with Crippen LogP contribution in [0.2, 0.25) is 0 Å². The van der Waals surface area contributed by atoms with Gasteiger partial charge in [0.25, 0.3) is 0 Å². The van der Waals surface area contributed by atoms with Crippen LogP contribution < -0.4 is 5.32 Å². The molecule has 0 saturated carbocycles. The van der Waals surface area contributed by atoms with Crippen molar-refractivity contribution in [2.75, 3.05) is 20.3 Å². The fraction of sp³-hybridized carbons (Fsp3) is 0.519. The summed E-state index contributed by atoms with van der Waals surface area (Å²) in [4.78, 5) is 16.2. The molecule has 1 aliphatic carbocycles. The third-order valence-electron chi connectivity index (χ3n) is 8.13. The Morgan fingerprint density at radius 3 is 2.74 bits per heavy atom. The number of para-hydroxylation sites is 1. The van der Waals surface area contributed by atoms with E-state index in [9.17, 15) is 25.2 Å². The van der Waals surface area contributed by atoms with Gasteiger partial charge in [-0.15, -0.1) is 0 Å². The minimum absolute atomic E-state index is 0.0939. The Kier molecular flexibility index (Phi) is 6.77. The molecule has 4 heterocycles. The highest BCUT2D eigenvalue weighted by molar-refractivity contribution is 5.89. The molecule has 1 saturated heterocycles. The average molecular weight is 529 g/mol. The smallest absolute Gasteiger partial charge is 0.337 e. The fourth-order valence-electron chi connectivity index (χ4n) is 6.18. The molecule has 1 aromatic heterocycles. The number of aliphatic hydroxyl groups is 4. The molecule has 0 radical (unpaired) electrons. The summed E-state index contributed by atoms with van der Waals surface area (Å²) in [5.74, 6) is -1.24. The summed E-state index contributed by atoms with van der Waals surface area (Å²) in [5, 5.41) is 45.1. The van der Waals surface area contributed by atoms with Gasteiger partial charge in [-0.1, -0.05) is 29.8 Å². The normalized spacial score (nSPS) is 36.6. The van der Waals surface area contributed by atoms with E-state index in [0.717, 1.165) is 29.7 Å². The predicted octanol–water partition coefficient (Wildman–Crippen LogP) is 0.147. The lowest BCUT2D eigenvalue weighted by atomic mass is 9.86. The van der Waals surface area contributed by atoms with Gasteiger partial charge in [0.05, 0.1) is 31.6 Å². The summed E-state index contributed by atoms with van der Waals surface area (Å²) in [6, 6.07) is 8.11. The van der Waals surface area contributed by atoms with E-state index in [-0.39, 0.29) is 17.9 Å². The van der Waals surface area contributed by atoms with E-state index in [2.05, 4.69) is 28.5 Å². The van der Waals surface area contributed by atoms with Gasteiger partial charge in [0.15, 0.2) is 6.29 Å². The largest absolute Gasteiger partial charge is 0.472 e. The zero-order valence-electron chi connectivity index (χ0n) is 20.8. The predicted molar refractivity (Wildman–Crippen MR) is 132 cm³/mol. The summed E-state index contributed by atoms with van der Waals surface area (Å²) < 4.78 is 22.3. The van der Waals surface area contributed by atoms with Crippen LogP contribution in [0.5, 0.6) is 0 Å². The first-order valence-electron chi connectivity index (χ1n) is 12.8. The first-order valence-corrected chi connectivity index (χ1v) is 12.8. The maximum atomic E-state index is 12.6. The second-order valence-corrected chi connectivity index (χ2v) is 10.2. The quantitative estimate of drug-likeness (QED) is 0.233. The Bertz CT molecular complexity index is 1270. The molecule has 0 spiro atoms. The van der Waals surface area contributed by atoms with Gasteiger partial charge in [-0.05, 0) is 24.5 Å². The molecule has 11 heteroatoms. The van der Waals surface area contributed by atoms with Crippen LogP contribution in [0.3, 0.4) is 0 Å². The van der Waals surface area contributed by atoms with E-state index in [0.29, 0.717) is 12.0 Å². The lowest BCUT2D eigenvalue weighted by Crippen LogP contribution is -2.60. The van der Waals surface area contributed by atoms with Crippen molar-refractivity contribution in [3.8, 4) is 0 Å². The number of H-pyrrole nitrogens is 1. The fourth-order valence-corrected chi connectivity index (χ4v) is 6.18. The number of hydrogen-bond donors (Lipinski definition) is 6. The van der Waals surface area contributed by atoms with Crippen molar-refractivity contribution in [1.82, 2.24) is 10.3 Å². The number of esters is 1. The number of carbonyl (C=O) groups is 1. The van der Waals surface area contributed by atoms with E-state index in [1.54, 1.807) is 0 Å². The number of methoxy groups -OCH3 is 1. The number of rotatable bonds is 5. The Labute approximate surface area is 218 Å². The zero-order valence-corrected chi connectivity index (χ0v) is 20.8. The van der Waals surface area contributed by atoms with Crippen LogP contribution in [0.25, 0.3) is 10.9 Å². The first kappa shape index (κ1) is 25.5. The second-order valence-electron chi connectivity index (χ2n) is 10.2. The van der Waals surface area contributed by atoms with Crippen molar-refractivity contribution in [3.05, 3.63) is 59.0 Å². The molecule has 11 nitrogen and oxygen atoms in total. The number of allylic oxidation sites excluding steroid dienone is 1. The van der Waals surface area contributed by atoms with Gasteiger partial charge in [-0.25, -0.2) is 4.79 Å². The van der Waals surface area contributed by atoms with Gasteiger partial charge in [0.1, 0.15) is 24.4 Å². The lowest BCUT2D eigenvalue weighted by molar-refractivity contribution is -0.340. The molecule has 6 rings (SSSR count). The summed E-state index contributed by atoms with van der Waals surface area (Å²) in [6.45, 7) is 0.230.